The summed E-state index contributed by atoms with van der Waals surface area (Å²) in [5.74, 6) is 0. The van der Waals surface area contributed by atoms with Gasteiger partial charge >= 0.3 is 0 Å². The van der Waals surface area contributed by atoms with E-state index in [-0.39, 0.29) is 0 Å². The lowest BCUT2D eigenvalue weighted by Crippen LogP contribution is -1.82. The summed E-state index contributed by atoms with van der Waals surface area (Å²) >= 11 is 0. The van der Waals surface area contributed by atoms with Crippen LogP contribution >= 0.6 is 0 Å². The molecule has 1 rings (SSSR count). The van der Waals surface area contributed by atoms with Crippen molar-refractivity contribution in [2.75, 3.05) is 0 Å². The first-order valence-electron chi connectivity index (χ1n) is 7.05. The number of hydrogen-bond acceptors (Lipinski definition) is 0. The van der Waals surface area contributed by atoms with Gasteiger partial charge in [0.1, 0.15) is 0 Å². The average Bonchev–Trinajstić information content (AvgIpc) is 2.35. The fourth-order valence-electron chi connectivity index (χ4n) is 2.09. The summed E-state index contributed by atoms with van der Waals surface area (Å²) in [6.45, 7) is 4.52. The Hall–Kier alpha value is -1.04. The third-order valence-corrected chi connectivity index (χ3v) is 3.14. The average molecular weight is 230 g/mol. The van der Waals surface area contributed by atoms with Crippen molar-refractivity contribution >= 4 is 6.08 Å². The van der Waals surface area contributed by atoms with Gasteiger partial charge in [-0.05, 0) is 25.3 Å². The molecule has 0 fully saturated rings. The molecule has 0 saturated heterocycles. The van der Waals surface area contributed by atoms with E-state index >= 15 is 0 Å². The van der Waals surface area contributed by atoms with E-state index in [1.165, 1.54) is 56.1 Å². The Morgan fingerprint density at radius 3 is 2.29 bits per heavy atom. The number of benzene rings is 1. The zero-order chi connectivity index (χ0) is 12.3. The Kier molecular flexibility index (Phi) is 7.46. The van der Waals surface area contributed by atoms with E-state index < -0.39 is 0 Å². The standard InChI is InChI=1S/C17H26/c1-3-4-5-6-7-9-12-16(2)15-17-13-10-8-11-14-17/h8,10-11,13-15H,3-7,9,12H2,1-2H3/b16-15+. The molecule has 0 nitrogen and oxygen atoms in total. The monoisotopic (exact) mass is 230 g/mol. The lowest BCUT2D eigenvalue weighted by atomic mass is 10.0. The molecule has 0 bridgehead atoms. The minimum Gasteiger partial charge on any atom is -0.0727 e. The van der Waals surface area contributed by atoms with Gasteiger partial charge in [-0.3, -0.25) is 0 Å². The lowest BCUT2D eigenvalue weighted by molar-refractivity contribution is 0.607. The number of unbranched alkanes of at least 4 members (excludes halogenated alkanes) is 5. The van der Waals surface area contributed by atoms with E-state index in [2.05, 4.69) is 50.3 Å². The zero-order valence-corrected chi connectivity index (χ0v) is 11.4. The summed E-state index contributed by atoms with van der Waals surface area (Å²) in [6, 6.07) is 10.6. The molecule has 0 N–H and O–H groups in total. The Balaban J connectivity index is 2.17. The lowest BCUT2D eigenvalue weighted by Gasteiger charge is -2.02. The molecule has 94 valence electrons. The molecule has 17 heavy (non-hydrogen) atoms. The highest BCUT2D eigenvalue weighted by Gasteiger charge is 1.93. The molecule has 1 aromatic carbocycles. The summed E-state index contributed by atoms with van der Waals surface area (Å²) in [5, 5.41) is 0. The highest BCUT2D eigenvalue weighted by molar-refractivity contribution is 5.51. The van der Waals surface area contributed by atoms with E-state index in [1.54, 1.807) is 0 Å². The zero-order valence-electron chi connectivity index (χ0n) is 11.4. The van der Waals surface area contributed by atoms with E-state index in [4.69, 9.17) is 0 Å². The summed E-state index contributed by atoms with van der Waals surface area (Å²) in [4.78, 5) is 0. The predicted octanol–water partition coefficient (Wildman–Crippen LogP) is 5.84. The fraction of sp³-hybridized carbons (Fsp3) is 0.529. The van der Waals surface area contributed by atoms with Crippen LogP contribution in [0.3, 0.4) is 0 Å². The summed E-state index contributed by atoms with van der Waals surface area (Å²) in [7, 11) is 0. The van der Waals surface area contributed by atoms with Crippen molar-refractivity contribution in [2.24, 2.45) is 0 Å². The van der Waals surface area contributed by atoms with E-state index in [0.29, 0.717) is 0 Å². The Bertz CT molecular complexity index is 308. The third kappa shape index (κ3) is 6.99. The second-order valence-electron chi connectivity index (χ2n) is 4.92. The Labute approximate surface area is 107 Å². The summed E-state index contributed by atoms with van der Waals surface area (Å²) in [6.07, 6.45) is 11.9. The molecule has 0 aliphatic heterocycles. The maximum atomic E-state index is 2.31. The van der Waals surface area contributed by atoms with Crippen LogP contribution < -0.4 is 0 Å². The van der Waals surface area contributed by atoms with Gasteiger partial charge in [-0.1, -0.05) is 81.0 Å². The van der Waals surface area contributed by atoms with Gasteiger partial charge in [0.05, 0.1) is 0 Å². The normalized spacial score (nSPS) is 11.8. The van der Waals surface area contributed by atoms with Crippen LogP contribution in [-0.4, -0.2) is 0 Å². The van der Waals surface area contributed by atoms with Gasteiger partial charge in [-0.2, -0.15) is 0 Å². The SMILES string of the molecule is CCCCCCCC/C(C)=C/c1ccccc1. The van der Waals surface area contributed by atoms with Crippen molar-refractivity contribution in [1.82, 2.24) is 0 Å². The van der Waals surface area contributed by atoms with Crippen molar-refractivity contribution in [2.45, 2.75) is 58.8 Å². The van der Waals surface area contributed by atoms with Crippen LogP contribution in [0.2, 0.25) is 0 Å². The second-order valence-corrected chi connectivity index (χ2v) is 4.92. The molecule has 0 heterocycles. The highest BCUT2D eigenvalue weighted by Crippen LogP contribution is 2.14. The quantitative estimate of drug-likeness (QED) is 0.492. The predicted molar refractivity (Wildman–Crippen MR) is 78.1 cm³/mol. The van der Waals surface area contributed by atoms with Crippen LogP contribution in [0.1, 0.15) is 64.4 Å². The topological polar surface area (TPSA) is 0 Å². The van der Waals surface area contributed by atoms with Crippen molar-refractivity contribution in [3.05, 3.63) is 41.5 Å². The van der Waals surface area contributed by atoms with Gasteiger partial charge in [0.25, 0.3) is 0 Å². The molecule has 0 aliphatic rings. The Morgan fingerprint density at radius 1 is 0.941 bits per heavy atom. The van der Waals surface area contributed by atoms with Gasteiger partial charge in [0.2, 0.25) is 0 Å². The minimum atomic E-state index is 1.25. The third-order valence-electron chi connectivity index (χ3n) is 3.14. The van der Waals surface area contributed by atoms with Crippen molar-refractivity contribution in [1.29, 1.82) is 0 Å². The molecule has 0 aromatic heterocycles. The van der Waals surface area contributed by atoms with E-state index in [0.717, 1.165) is 0 Å². The van der Waals surface area contributed by atoms with Gasteiger partial charge < -0.3 is 0 Å². The first kappa shape index (κ1) is 14.0. The summed E-state index contributed by atoms with van der Waals surface area (Å²) in [5.41, 5.74) is 2.84. The molecule has 0 saturated carbocycles. The van der Waals surface area contributed by atoms with Crippen LogP contribution in [0, 0.1) is 0 Å². The number of allylic oxidation sites excluding steroid dienone is 1. The molecule has 0 heteroatoms. The van der Waals surface area contributed by atoms with Gasteiger partial charge in [-0.15, -0.1) is 0 Å². The minimum absolute atomic E-state index is 1.25. The largest absolute Gasteiger partial charge is 0.0727 e. The first-order chi connectivity index (χ1) is 8.33. The van der Waals surface area contributed by atoms with Gasteiger partial charge in [0.15, 0.2) is 0 Å². The molecule has 0 spiro atoms. The molecule has 0 atom stereocenters. The van der Waals surface area contributed by atoms with Crippen LogP contribution in [0.5, 0.6) is 0 Å². The van der Waals surface area contributed by atoms with E-state index in [9.17, 15) is 0 Å². The van der Waals surface area contributed by atoms with Crippen molar-refractivity contribution in [3.8, 4) is 0 Å². The van der Waals surface area contributed by atoms with Crippen LogP contribution in [0.4, 0.5) is 0 Å². The maximum Gasteiger partial charge on any atom is -0.0257 e. The summed E-state index contributed by atoms with van der Waals surface area (Å²) < 4.78 is 0. The first-order valence-corrected chi connectivity index (χ1v) is 7.05. The van der Waals surface area contributed by atoms with Crippen molar-refractivity contribution < 1.29 is 0 Å². The highest BCUT2D eigenvalue weighted by atomic mass is 14.0. The van der Waals surface area contributed by atoms with Crippen LogP contribution in [0.15, 0.2) is 35.9 Å². The number of rotatable bonds is 8. The van der Waals surface area contributed by atoms with Crippen molar-refractivity contribution in [3.63, 3.8) is 0 Å². The maximum absolute atomic E-state index is 2.31. The molecular weight excluding hydrogens is 204 g/mol. The second kappa shape index (κ2) is 9.04. The van der Waals surface area contributed by atoms with Gasteiger partial charge in [-0.25, -0.2) is 0 Å². The molecule has 0 unspecified atom stereocenters. The van der Waals surface area contributed by atoms with Gasteiger partial charge in [0, 0.05) is 0 Å². The van der Waals surface area contributed by atoms with Crippen LogP contribution in [-0.2, 0) is 0 Å². The molecule has 0 amide bonds. The molecule has 1 aromatic rings. The number of hydrogen-bond donors (Lipinski definition) is 0. The molecule has 0 radical (unpaired) electrons. The molecular formula is C17H26. The van der Waals surface area contributed by atoms with E-state index in [1.807, 2.05) is 0 Å². The Morgan fingerprint density at radius 2 is 1.59 bits per heavy atom. The fourth-order valence-corrected chi connectivity index (χ4v) is 2.09. The smallest absolute Gasteiger partial charge is 0.0257 e. The van der Waals surface area contributed by atoms with Crippen LogP contribution in [0.25, 0.3) is 6.08 Å². The molecule has 0 aliphatic carbocycles.